The molecule has 3 aromatic rings. The SMILES string of the molecule is Cc1c(Cl)cccc1-n1c(SC[C@H]2CCOCO2)nc2ccccc2c1=O. The summed E-state index contributed by atoms with van der Waals surface area (Å²) in [5.41, 5.74) is 2.19. The monoisotopic (exact) mass is 402 g/mol. The molecule has 0 aliphatic carbocycles. The van der Waals surface area contributed by atoms with Crippen LogP contribution < -0.4 is 5.56 Å². The molecular weight excluding hydrogens is 384 g/mol. The minimum Gasteiger partial charge on any atom is -0.355 e. The summed E-state index contributed by atoms with van der Waals surface area (Å²) in [5, 5.41) is 1.85. The zero-order valence-corrected chi connectivity index (χ0v) is 16.4. The maximum atomic E-state index is 13.3. The lowest BCUT2D eigenvalue weighted by atomic mass is 10.2. The first-order valence-corrected chi connectivity index (χ1v) is 10.1. The first kappa shape index (κ1) is 18.5. The first-order chi connectivity index (χ1) is 13.1. The van der Waals surface area contributed by atoms with Gasteiger partial charge in [0.25, 0.3) is 5.56 Å². The summed E-state index contributed by atoms with van der Waals surface area (Å²) >= 11 is 7.83. The van der Waals surface area contributed by atoms with Gasteiger partial charge in [0, 0.05) is 10.8 Å². The molecule has 1 saturated heterocycles. The summed E-state index contributed by atoms with van der Waals surface area (Å²) in [6.07, 6.45) is 0.919. The molecule has 1 atom stereocenters. The number of fused-ring (bicyclic) bond motifs is 1. The Labute approximate surface area is 166 Å². The highest BCUT2D eigenvalue weighted by Gasteiger charge is 2.19. The Morgan fingerprint density at radius 1 is 1.26 bits per heavy atom. The molecule has 1 aliphatic heterocycles. The van der Waals surface area contributed by atoms with Gasteiger partial charge >= 0.3 is 0 Å². The molecule has 5 nitrogen and oxygen atoms in total. The van der Waals surface area contributed by atoms with Crippen molar-refractivity contribution in [3.63, 3.8) is 0 Å². The van der Waals surface area contributed by atoms with Crippen LogP contribution in [0.1, 0.15) is 12.0 Å². The van der Waals surface area contributed by atoms with E-state index in [2.05, 4.69) is 0 Å². The Morgan fingerprint density at radius 3 is 2.93 bits per heavy atom. The normalized spacial score (nSPS) is 17.3. The Balaban J connectivity index is 1.82. The molecule has 1 aromatic heterocycles. The van der Waals surface area contributed by atoms with Crippen molar-refractivity contribution >= 4 is 34.3 Å². The lowest BCUT2D eigenvalue weighted by molar-refractivity contribution is -0.130. The number of aromatic nitrogens is 2. The van der Waals surface area contributed by atoms with E-state index in [1.165, 1.54) is 11.8 Å². The number of halogens is 1. The molecule has 7 heteroatoms. The van der Waals surface area contributed by atoms with Crippen LogP contribution >= 0.6 is 23.4 Å². The smallest absolute Gasteiger partial charge is 0.266 e. The second-order valence-corrected chi connectivity index (χ2v) is 7.74. The number of rotatable bonds is 4. The van der Waals surface area contributed by atoms with Crippen molar-refractivity contribution in [1.29, 1.82) is 0 Å². The number of para-hydroxylation sites is 1. The van der Waals surface area contributed by atoms with E-state index in [9.17, 15) is 4.79 Å². The van der Waals surface area contributed by atoms with E-state index in [-0.39, 0.29) is 11.7 Å². The van der Waals surface area contributed by atoms with Gasteiger partial charge < -0.3 is 9.47 Å². The zero-order valence-electron chi connectivity index (χ0n) is 14.9. The fourth-order valence-corrected chi connectivity index (χ4v) is 4.30. The summed E-state index contributed by atoms with van der Waals surface area (Å²) < 4.78 is 12.5. The average molecular weight is 403 g/mol. The summed E-state index contributed by atoms with van der Waals surface area (Å²) in [4.78, 5) is 18.0. The molecule has 0 amide bonds. The standard InChI is InChI=1S/C20H19ClN2O3S/c1-13-16(21)6-4-8-18(13)23-19(24)15-5-2-3-7-17(15)22-20(23)27-11-14-9-10-25-12-26-14/h2-8,14H,9-12H2,1H3/t14-/m1/s1. The van der Waals surface area contributed by atoms with Crippen molar-refractivity contribution in [3.05, 3.63) is 63.4 Å². The molecule has 4 rings (SSSR count). The highest BCUT2D eigenvalue weighted by molar-refractivity contribution is 7.99. The third kappa shape index (κ3) is 3.75. The third-order valence-electron chi connectivity index (χ3n) is 4.59. The van der Waals surface area contributed by atoms with Crippen LogP contribution in [0.2, 0.25) is 5.02 Å². The number of benzene rings is 2. The third-order valence-corrected chi connectivity index (χ3v) is 6.07. The largest absolute Gasteiger partial charge is 0.355 e. The van der Waals surface area contributed by atoms with E-state index in [1.807, 2.05) is 43.3 Å². The molecule has 1 aliphatic rings. The van der Waals surface area contributed by atoms with Crippen LogP contribution in [0.5, 0.6) is 0 Å². The summed E-state index contributed by atoms with van der Waals surface area (Å²) in [6, 6.07) is 13.0. The Morgan fingerprint density at radius 2 is 2.11 bits per heavy atom. The average Bonchev–Trinajstić information content (AvgIpc) is 2.70. The summed E-state index contributed by atoms with van der Waals surface area (Å²) in [7, 11) is 0. The fourth-order valence-electron chi connectivity index (χ4n) is 3.06. The molecule has 0 saturated carbocycles. The van der Waals surface area contributed by atoms with Crippen LogP contribution in [0.3, 0.4) is 0 Å². The van der Waals surface area contributed by atoms with Gasteiger partial charge in [0.1, 0.15) is 6.79 Å². The second-order valence-electron chi connectivity index (χ2n) is 6.35. The highest BCUT2D eigenvalue weighted by Crippen LogP contribution is 2.27. The molecule has 140 valence electrons. The molecule has 0 N–H and O–H groups in total. The van der Waals surface area contributed by atoms with E-state index >= 15 is 0 Å². The summed E-state index contributed by atoms with van der Waals surface area (Å²) in [6.45, 7) is 2.92. The summed E-state index contributed by atoms with van der Waals surface area (Å²) in [5.74, 6) is 0.702. The quantitative estimate of drug-likeness (QED) is 0.483. The van der Waals surface area contributed by atoms with Crippen LogP contribution in [0.25, 0.3) is 16.6 Å². The molecule has 0 unspecified atom stereocenters. The van der Waals surface area contributed by atoms with Gasteiger partial charge in [-0.3, -0.25) is 9.36 Å². The number of hydrogen-bond donors (Lipinski definition) is 0. The Kier molecular flexibility index (Phi) is 5.50. The molecular formula is C20H19ClN2O3S. The van der Waals surface area contributed by atoms with Crippen LogP contribution in [-0.2, 0) is 9.47 Å². The van der Waals surface area contributed by atoms with Gasteiger partial charge in [0.05, 0.1) is 29.3 Å². The topological polar surface area (TPSA) is 53.4 Å². The zero-order chi connectivity index (χ0) is 18.8. The van der Waals surface area contributed by atoms with Crippen LogP contribution in [0.4, 0.5) is 0 Å². The van der Waals surface area contributed by atoms with E-state index in [1.54, 1.807) is 10.6 Å². The second kappa shape index (κ2) is 8.02. The van der Waals surface area contributed by atoms with Gasteiger partial charge in [-0.25, -0.2) is 4.98 Å². The highest BCUT2D eigenvalue weighted by atomic mass is 35.5. The van der Waals surface area contributed by atoms with Gasteiger partial charge in [0.15, 0.2) is 5.16 Å². The van der Waals surface area contributed by atoms with Crippen molar-refractivity contribution in [2.24, 2.45) is 0 Å². The van der Waals surface area contributed by atoms with Crippen LogP contribution in [0.15, 0.2) is 52.4 Å². The number of nitrogens with zero attached hydrogens (tertiary/aromatic N) is 2. The van der Waals surface area contributed by atoms with Gasteiger partial charge in [-0.15, -0.1) is 0 Å². The van der Waals surface area contributed by atoms with Gasteiger partial charge in [-0.05, 0) is 43.2 Å². The number of ether oxygens (including phenoxy) is 2. The molecule has 27 heavy (non-hydrogen) atoms. The van der Waals surface area contributed by atoms with Crippen molar-refractivity contribution in [1.82, 2.24) is 9.55 Å². The maximum absolute atomic E-state index is 13.3. The molecule has 0 bridgehead atoms. The van der Waals surface area contributed by atoms with E-state index in [0.717, 1.165) is 17.7 Å². The molecule has 0 spiro atoms. The minimum atomic E-state index is -0.0960. The van der Waals surface area contributed by atoms with E-state index < -0.39 is 0 Å². The van der Waals surface area contributed by atoms with Gasteiger partial charge in [-0.1, -0.05) is 41.6 Å². The van der Waals surface area contributed by atoms with Crippen molar-refractivity contribution in [2.45, 2.75) is 24.6 Å². The first-order valence-electron chi connectivity index (χ1n) is 8.74. The lowest BCUT2D eigenvalue weighted by Gasteiger charge is -2.23. The predicted octanol–water partition coefficient (Wildman–Crippen LogP) is 4.20. The van der Waals surface area contributed by atoms with Gasteiger partial charge in [0.2, 0.25) is 0 Å². The number of hydrogen-bond acceptors (Lipinski definition) is 5. The molecule has 2 heterocycles. The lowest BCUT2D eigenvalue weighted by Crippen LogP contribution is -2.27. The number of thioether (sulfide) groups is 1. The molecule has 2 aromatic carbocycles. The van der Waals surface area contributed by atoms with Gasteiger partial charge in [-0.2, -0.15) is 0 Å². The Bertz CT molecular complexity index is 1030. The van der Waals surface area contributed by atoms with Crippen molar-refractivity contribution in [3.8, 4) is 5.69 Å². The fraction of sp³-hybridized carbons (Fsp3) is 0.300. The van der Waals surface area contributed by atoms with Crippen LogP contribution in [-0.4, -0.2) is 34.8 Å². The maximum Gasteiger partial charge on any atom is 0.266 e. The Hall–Kier alpha value is -1.86. The minimum absolute atomic E-state index is 0.0843. The van der Waals surface area contributed by atoms with Crippen molar-refractivity contribution < 1.29 is 9.47 Å². The van der Waals surface area contributed by atoms with Crippen molar-refractivity contribution in [2.75, 3.05) is 19.2 Å². The molecule has 0 radical (unpaired) electrons. The van der Waals surface area contributed by atoms with E-state index in [0.29, 0.717) is 40.2 Å². The molecule has 1 fully saturated rings. The predicted molar refractivity (Wildman–Crippen MR) is 108 cm³/mol. The van der Waals surface area contributed by atoms with Crippen LogP contribution in [0, 0.1) is 6.92 Å². The van der Waals surface area contributed by atoms with E-state index in [4.69, 9.17) is 26.1 Å².